The number of hydrogen-bond acceptors (Lipinski definition) is 10. The third-order valence-electron chi connectivity index (χ3n) is 6.98. The van der Waals surface area contributed by atoms with Gasteiger partial charge in [-0.2, -0.15) is 13.2 Å². The molecule has 9 nitrogen and oxygen atoms in total. The summed E-state index contributed by atoms with van der Waals surface area (Å²) in [6.45, 7) is 0.914. The van der Waals surface area contributed by atoms with Gasteiger partial charge in [-0.05, 0) is 18.4 Å². The Morgan fingerprint density at radius 2 is 1.90 bits per heavy atom. The Labute approximate surface area is 237 Å². The molecule has 0 saturated carbocycles. The van der Waals surface area contributed by atoms with Crippen molar-refractivity contribution in [2.24, 2.45) is 4.99 Å². The lowest BCUT2D eigenvalue weighted by Crippen LogP contribution is -2.32. The van der Waals surface area contributed by atoms with Crippen molar-refractivity contribution in [3.63, 3.8) is 0 Å². The second-order valence-electron chi connectivity index (χ2n) is 9.72. The lowest BCUT2D eigenvalue weighted by molar-refractivity contribution is -0.137. The Morgan fingerprint density at radius 1 is 1.12 bits per heavy atom. The van der Waals surface area contributed by atoms with E-state index in [1.165, 1.54) is 0 Å². The molecule has 2 atom stereocenters. The Bertz CT molecular complexity index is 1590. The summed E-state index contributed by atoms with van der Waals surface area (Å²) in [6.07, 6.45) is -4.00. The molecule has 4 heterocycles. The predicted molar refractivity (Wildman–Crippen MR) is 147 cm³/mol. The number of anilines is 2. The summed E-state index contributed by atoms with van der Waals surface area (Å²) in [5.74, 6) is -0.412. The summed E-state index contributed by atoms with van der Waals surface area (Å²) in [5.41, 5.74) is 3.07. The first-order chi connectivity index (χ1) is 19.8. The van der Waals surface area contributed by atoms with Crippen molar-refractivity contribution in [3.8, 4) is 11.6 Å². The SMILES string of the molecule is COC[C@@H]1CCCN1c1sc(C(F)(F)F)nc1-c1nnc(N[C@H]2N=C(c3ccccc3)c3ccccc3CC2=O)o1. The summed E-state index contributed by atoms with van der Waals surface area (Å²) in [6, 6.07) is 16.8. The molecule has 1 fully saturated rings. The van der Waals surface area contributed by atoms with Crippen LogP contribution in [0.25, 0.3) is 11.6 Å². The first kappa shape index (κ1) is 27.1. The van der Waals surface area contributed by atoms with Gasteiger partial charge in [0.25, 0.3) is 5.89 Å². The van der Waals surface area contributed by atoms with Crippen LogP contribution >= 0.6 is 11.3 Å². The van der Waals surface area contributed by atoms with Crippen LogP contribution in [0.4, 0.5) is 24.2 Å². The molecule has 2 aliphatic heterocycles. The number of carbonyl (C=O) groups is 1. The Balaban J connectivity index is 1.34. The van der Waals surface area contributed by atoms with Gasteiger partial charge in [-0.1, -0.05) is 71.0 Å². The molecule has 0 spiro atoms. The minimum Gasteiger partial charge on any atom is -0.402 e. The third kappa shape index (κ3) is 5.46. The van der Waals surface area contributed by atoms with Gasteiger partial charge in [-0.3, -0.25) is 9.79 Å². The van der Waals surface area contributed by atoms with Crippen molar-refractivity contribution in [3.05, 3.63) is 76.3 Å². The second-order valence-corrected chi connectivity index (χ2v) is 10.7. The number of halogens is 3. The summed E-state index contributed by atoms with van der Waals surface area (Å²) in [7, 11) is 1.56. The van der Waals surface area contributed by atoms with Crippen LogP contribution in [0.15, 0.2) is 64.0 Å². The number of methoxy groups -OCH3 is 1. The van der Waals surface area contributed by atoms with Gasteiger partial charge < -0.3 is 19.4 Å². The van der Waals surface area contributed by atoms with Crippen molar-refractivity contribution < 1.29 is 27.1 Å². The average Bonchev–Trinajstić information content (AvgIpc) is 3.70. The number of alkyl halides is 3. The highest BCUT2D eigenvalue weighted by atomic mass is 32.1. The van der Waals surface area contributed by atoms with Crippen molar-refractivity contribution in [2.45, 2.75) is 37.6 Å². The number of benzene rings is 2. The molecule has 1 saturated heterocycles. The topological polar surface area (TPSA) is 106 Å². The van der Waals surface area contributed by atoms with Gasteiger partial charge in [0.05, 0.1) is 18.4 Å². The first-order valence-corrected chi connectivity index (χ1v) is 13.8. The number of Topliss-reactive ketones (excluding diaryl/α,β-unsaturated/α-hetero) is 1. The quantitative estimate of drug-likeness (QED) is 0.316. The molecule has 4 aromatic rings. The standard InChI is InChI=1S/C28H25F3N6O3S/c1-39-15-18-11-7-13-37(18)25-22(33-26(41-25)28(29,30)31)24-35-36-27(40-24)34-23-20(38)14-17-10-5-6-12-19(17)21(32-23)16-8-3-2-4-9-16/h2-6,8-10,12,18,23H,7,11,13-15H2,1H3,(H,34,36)/t18-,23+/m0/s1. The van der Waals surface area contributed by atoms with E-state index in [1.807, 2.05) is 59.5 Å². The van der Waals surface area contributed by atoms with Crippen LogP contribution in [0.3, 0.4) is 0 Å². The minimum absolute atomic E-state index is 0.0565. The van der Waals surface area contributed by atoms with Crippen LogP contribution in [0.2, 0.25) is 0 Å². The number of hydrogen-bond donors (Lipinski definition) is 1. The minimum atomic E-state index is -4.64. The summed E-state index contributed by atoms with van der Waals surface area (Å²) in [4.78, 5) is 23.7. The van der Waals surface area contributed by atoms with E-state index in [-0.39, 0.29) is 40.8 Å². The van der Waals surface area contributed by atoms with E-state index in [2.05, 4.69) is 20.5 Å². The van der Waals surface area contributed by atoms with Crippen LogP contribution in [-0.4, -0.2) is 59.1 Å². The van der Waals surface area contributed by atoms with Crippen LogP contribution < -0.4 is 10.2 Å². The van der Waals surface area contributed by atoms with Crippen molar-refractivity contribution in [1.82, 2.24) is 15.2 Å². The highest BCUT2D eigenvalue weighted by Crippen LogP contribution is 2.44. The molecule has 0 radical (unpaired) electrons. The maximum atomic E-state index is 13.7. The number of nitrogens with zero attached hydrogens (tertiary/aromatic N) is 5. The lowest BCUT2D eigenvalue weighted by Gasteiger charge is -2.24. The van der Waals surface area contributed by atoms with Crippen LogP contribution in [-0.2, 0) is 22.1 Å². The van der Waals surface area contributed by atoms with E-state index in [0.717, 1.165) is 29.5 Å². The van der Waals surface area contributed by atoms with E-state index in [9.17, 15) is 18.0 Å². The molecule has 2 aromatic heterocycles. The van der Waals surface area contributed by atoms with Crippen LogP contribution in [0.1, 0.15) is 34.5 Å². The van der Waals surface area contributed by atoms with E-state index in [0.29, 0.717) is 30.2 Å². The van der Waals surface area contributed by atoms with Crippen molar-refractivity contribution in [2.75, 3.05) is 30.5 Å². The smallest absolute Gasteiger partial charge is 0.402 e. The Hall–Kier alpha value is -4.10. The molecule has 13 heteroatoms. The number of aromatic nitrogens is 3. The second kappa shape index (κ2) is 11.1. The maximum Gasteiger partial charge on any atom is 0.443 e. The number of thiazole rings is 1. The van der Waals surface area contributed by atoms with E-state index < -0.39 is 17.3 Å². The highest BCUT2D eigenvalue weighted by Gasteiger charge is 2.40. The van der Waals surface area contributed by atoms with Gasteiger partial charge in [-0.25, -0.2) is 4.98 Å². The van der Waals surface area contributed by atoms with Gasteiger partial charge in [0.2, 0.25) is 5.01 Å². The predicted octanol–water partition coefficient (Wildman–Crippen LogP) is 5.23. The van der Waals surface area contributed by atoms with Crippen molar-refractivity contribution >= 4 is 33.8 Å². The van der Waals surface area contributed by atoms with Crippen LogP contribution in [0, 0.1) is 0 Å². The zero-order valence-corrected chi connectivity index (χ0v) is 22.7. The van der Waals surface area contributed by atoms with Gasteiger partial charge in [0.1, 0.15) is 5.00 Å². The molecule has 0 unspecified atom stereocenters. The summed E-state index contributed by atoms with van der Waals surface area (Å²) in [5, 5.41) is 10.2. The summed E-state index contributed by atoms with van der Waals surface area (Å²) >= 11 is 0.537. The fourth-order valence-corrected chi connectivity index (χ4v) is 6.15. The van der Waals surface area contributed by atoms with Gasteiger partial charge in [-0.15, -0.1) is 5.10 Å². The monoisotopic (exact) mass is 582 g/mol. The molecule has 2 aromatic carbocycles. The number of ether oxygens (including phenoxy) is 1. The number of aliphatic imine (C=N–C) groups is 1. The molecular formula is C28H25F3N6O3S. The molecule has 6 rings (SSSR count). The number of carbonyl (C=O) groups excluding carboxylic acids is 1. The molecular weight excluding hydrogens is 557 g/mol. The summed E-state index contributed by atoms with van der Waals surface area (Å²) < 4.78 is 52.1. The number of nitrogens with one attached hydrogen (secondary N) is 1. The number of fused-ring (bicyclic) bond motifs is 1. The molecule has 41 heavy (non-hydrogen) atoms. The normalized spacial score (nSPS) is 19.2. The largest absolute Gasteiger partial charge is 0.443 e. The molecule has 212 valence electrons. The zero-order valence-electron chi connectivity index (χ0n) is 21.9. The number of ketones is 1. The fraction of sp³-hybridized carbons (Fsp3) is 0.321. The first-order valence-electron chi connectivity index (χ1n) is 13.0. The molecule has 0 amide bonds. The third-order valence-corrected chi connectivity index (χ3v) is 8.12. The van der Waals surface area contributed by atoms with E-state index in [1.54, 1.807) is 7.11 Å². The Morgan fingerprint density at radius 3 is 2.68 bits per heavy atom. The molecule has 0 aliphatic carbocycles. The van der Waals surface area contributed by atoms with Gasteiger partial charge in [0.15, 0.2) is 17.6 Å². The Kier molecular flexibility index (Phi) is 7.30. The molecule has 2 aliphatic rings. The van der Waals surface area contributed by atoms with E-state index in [4.69, 9.17) is 14.1 Å². The van der Waals surface area contributed by atoms with Crippen molar-refractivity contribution in [1.29, 1.82) is 0 Å². The lowest BCUT2D eigenvalue weighted by atomic mass is 9.96. The molecule has 1 N–H and O–H groups in total. The number of rotatable bonds is 7. The fourth-order valence-electron chi connectivity index (χ4n) is 5.13. The van der Waals surface area contributed by atoms with Gasteiger partial charge >= 0.3 is 12.2 Å². The molecule has 0 bridgehead atoms. The maximum absolute atomic E-state index is 13.7. The average molecular weight is 583 g/mol. The van der Waals surface area contributed by atoms with Crippen LogP contribution in [0.5, 0.6) is 0 Å². The zero-order chi connectivity index (χ0) is 28.6. The van der Waals surface area contributed by atoms with Gasteiger partial charge in [0, 0.05) is 31.2 Å². The van der Waals surface area contributed by atoms with E-state index >= 15 is 0 Å². The highest BCUT2D eigenvalue weighted by molar-refractivity contribution is 7.16.